The van der Waals surface area contributed by atoms with E-state index in [2.05, 4.69) is 10.3 Å². The van der Waals surface area contributed by atoms with E-state index in [1.165, 1.54) is 0 Å². The number of aliphatic hydroxyl groups excluding tert-OH is 4. The molecule has 0 bridgehead atoms. The van der Waals surface area contributed by atoms with Crippen molar-refractivity contribution in [2.24, 2.45) is 0 Å². The third-order valence-corrected chi connectivity index (χ3v) is 4.91. The number of aromatic nitrogens is 1. The summed E-state index contributed by atoms with van der Waals surface area (Å²) >= 11 is 0. The van der Waals surface area contributed by atoms with Crippen LogP contribution in [0, 0.1) is 0 Å². The minimum Gasteiger partial charge on any atom is -0.422 e. The fourth-order valence-corrected chi connectivity index (χ4v) is 3.35. The minimum absolute atomic E-state index is 0.300. The molecule has 0 radical (unpaired) electrons. The second-order valence-corrected chi connectivity index (χ2v) is 6.81. The Morgan fingerprint density at radius 1 is 1.07 bits per heavy atom. The molecule has 3 heterocycles. The van der Waals surface area contributed by atoms with Crippen LogP contribution in [0.2, 0.25) is 0 Å². The first kappa shape index (κ1) is 19.5. The van der Waals surface area contributed by atoms with Gasteiger partial charge in [-0.2, -0.15) is 0 Å². The largest absolute Gasteiger partial charge is 0.422 e. The SMILES string of the molecule is O=c1oc2cc(NC3[C@@H](O)OC(CO)[C@H](O)[C@H]3O)ccc2cc1-c1ccccn1. The Kier molecular flexibility index (Phi) is 5.31. The highest BCUT2D eigenvalue weighted by atomic mass is 16.6. The third-order valence-electron chi connectivity index (χ3n) is 4.91. The van der Waals surface area contributed by atoms with Crippen LogP contribution in [0.25, 0.3) is 22.2 Å². The van der Waals surface area contributed by atoms with Gasteiger partial charge in [-0.15, -0.1) is 0 Å². The Labute approximate surface area is 164 Å². The molecule has 5 N–H and O–H groups in total. The Bertz CT molecular complexity index is 1060. The first-order chi connectivity index (χ1) is 14.0. The monoisotopic (exact) mass is 400 g/mol. The maximum atomic E-state index is 12.4. The predicted octanol–water partition coefficient (Wildman–Crippen LogP) is 0.0668. The van der Waals surface area contributed by atoms with Gasteiger partial charge in [-0.3, -0.25) is 4.98 Å². The molecule has 4 rings (SSSR count). The van der Waals surface area contributed by atoms with Crippen LogP contribution in [0.4, 0.5) is 5.69 Å². The molecule has 1 aromatic carbocycles. The highest BCUT2D eigenvalue weighted by molar-refractivity contribution is 5.83. The van der Waals surface area contributed by atoms with Crippen molar-refractivity contribution in [1.82, 2.24) is 4.98 Å². The second-order valence-electron chi connectivity index (χ2n) is 6.81. The highest BCUT2D eigenvalue weighted by Crippen LogP contribution is 2.26. The maximum absolute atomic E-state index is 12.4. The van der Waals surface area contributed by atoms with E-state index in [9.17, 15) is 20.1 Å². The molecular formula is C20H20N2O7. The molecule has 9 nitrogen and oxygen atoms in total. The number of benzene rings is 1. The summed E-state index contributed by atoms with van der Waals surface area (Å²) in [6.45, 7) is -0.540. The number of aliphatic hydroxyl groups is 4. The van der Waals surface area contributed by atoms with Crippen molar-refractivity contribution in [2.75, 3.05) is 11.9 Å². The lowest BCUT2D eigenvalue weighted by Gasteiger charge is -2.40. The van der Waals surface area contributed by atoms with Gasteiger partial charge in [-0.1, -0.05) is 6.07 Å². The molecule has 0 saturated carbocycles. The fraction of sp³-hybridized carbons (Fsp3) is 0.300. The van der Waals surface area contributed by atoms with Crippen molar-refractivity contribution < 1.29 is 29.6 Å². The molecule has 0 amide bonds. The second kappa shape index (κ2) is 7.90. The molecule has 1 aliphatic heterocycles. The zero-order chi connectivity index (χ0) is 20.5. The van der Waals surface area contributed by atoms with E-state index < -0.39 is 42.9 Å². The highest BCUT2D eigenvalue weighted by Gasteiger charge is 2.43. The van der Waals surface area contributed by atoms with Crippen molar-refractivity contribution in [3.8, 4) is 11.3 Å². The summed E-state index contributed by atoms with van der Waals surface area (Å²) in [5.74, 6) is 0. The van der Waals surface area contributed by atoms with E-state index in [4.69, 9.17) is 14.3 Å². The van der Waals surface area contributed by atoms with E-state index in [1.807, 2.05) is 0 Å². The Morgan fingerprint density at radius 3 is 2.62 bits per heavy atom. The molecule has 1 saturated heterocycles. The summed E-state index contributed by atoms with van der Waals surface area (Å²) in [4.78, 5) is 16.5. The Morgan fingerprint density at radius 2 is 1.90 bits per heavy atom. The average molecular weight is 400 g/mol. The third kappa shape index (κ3) is 3.74. The van der Waals surface area contributed by atoms with Crippen molar-refractivity contribution >= 4 is 16.7 Å². The molecule has 1 fully saturated rings. The average Bonchev–Trinajstić information content (AvgIpc) is 2.73. The van der Waals surface area contributed by atoms with Gasteiger partial charge in [0, 0.05) is 23.3 Å². The van der Waals surface area contributed by atoms with Gasteiger partial charge in [-0.25, -0.2) is 4.79 Å². The zero-order valence-electron chi connectivity index (χ0n) is 15.2. The van der Waals surface area contributed by atoms with Crippen LogP contribution in [-0.2, 0) is 4.74 Å². The normalized spacial score (nSPS) is 27.1. The van der Waals surface area contributed by atoms with Gasteiger partial charge in [-0.05, 0) is 30.3 Å². The Hall–Kier alpha value is -2.82. The number of hydrogen-bond donors (Lipinski definition) is 5. The standard InChI is InChI=1S/C20H20N2O7/c23-9-15-17(24)18(25)16(20(27)29-15)22-11-5-4-10-7-12(13-3-1-2-6-21-13)19(26)28-14(10)8-11/h1-8,15-18,20,22-25,27H,9H2/t15?,16?,17-,18-,20-/m0/s1. The van der Waals surface area contributed by atoms with Gasteiger partial charge in [0.15, 0.2) is 6.29 Å². The van der Waals surface area contributed by atoms with Crippen molar-refractivity contribution in [3.05, 3.63) is 59.1 Å². The number of anilines is 1. The molecule has 2 aromatic heterocycles. The molecule has 5 atom stereocenters. The van der Waals surface area contributed by atoms with Crippen LogP contribution in [0.5, 0.6) is 0 Å². The molecule has 1 aliphatic rings. The quantitative estimate of drug-likeness (QED) is 0.384. The van der Waals surface area contributed by atoms with Crippen LogP contribution in [0.15, 0.2) is 57.9 Å². The van der Waals surface area contributed by atoms with Crippen LogP contribution in [-0.4, -0.2) is 62.7 Å². The number of nitrogens with one attached hydrogen (secondary N) is 1. The number of hydrogen-bond acceptors (Lipinski definition) is 9. The lowest BCUT2D eigenvalue weighted by atomic mass is 9.97. The van der Waals surface area contributed by atoms with E-state index >= 15 is 0 Å². The first-order valence-electron chi connectivity index (χ1n) is 9.04. The molecule has 9 heteroatoms. The first-order valence-corrected chi connectivity index (χ1v) is 9.04. The maximum Gasteiger partial charge on any atom is 0.345 e. The lowest BCUT2D eigenvalue weighted by molar-refractivity contribution is -0.245. The number of fused-ring (bicyclic) bond motifs is 1. The van der Waals surface area contributed by atoms with E-state index in [1.54, 1.807) is 48.7 Å². The van der Waals surface area contributed by atoms with Crippen LogP contribution in [0.1, 0.15) is 0 Å². The van der Waals surface area contributed by atoms with Gasteiger partial charge in [0.1, 0.15) is 29.9 Å². The van der Waals surface area contributed by atoms with Crippen molar-refractivity contribution in [3.63, 3.8) is 0 Å². The summed E-state index contributed by atoms with van der Waals surface area (Å²) in [5.41, 5.74) is 1.03. The Balaban J connectivity index is 1.62. The van der Waals surface area contributed by atoms with E-state index in [0.717, 1.165) is 0 Å². The van der Waals surface area contributed by atoms with E-state index in [0.29, 0.717) is 27.9 Å². The summed E-state index contributed by atoms with van der Waals surface area (Å²) in [6, 6.07) is 10.8. The predicted molar refractivity (Wildman–Crippen MR) is 103 cm³/mol. The minimum atomic E-state index is -1.46. The lowest BCUT2D eigenvalue weighted by Crippen LogP contribution is -2.61. The summed E-state index contributed by atoms with van der Waals surface area (Å²) in [6.07, 6.45) is -3.72. The molecule has 2 unspecified atom stereocenters. The van der Waals surface area contributed by atoms with Crippen LogP contribution in [0.3, 0.4) is 0 Å². The molecule has 29 heavy (non-hydrogen) atoms. The summed E-state index contributed by atoms with van der Waals surface area (Å²) in [5, 5.41) is 43.0. The van der Waals surface area contributed by atoms with E-state index in [-0.39, 0.29) is 0 Å². The zero-order valence-corrected chi connectivity index (χ0v) is 15.2. The number of nitrogens with zero attached hydrogens (tertiary/aromatic N) is 1. The summed E-state index contributed by atoms with van der Waals surface area (Å²) in [7, 11) is 0. The summed E-state index contributed by atoms with van der Waals surface area (Å²) < 4.78 is 10.5. The molecule has 0 spiro atoms. The topological polar surface area (TPSA) is 145 Å². The number of rotatable bonds is 4. The number of ether oxygens (including phenoxy) is 1. The molecular weight excluding hydrogens is 380 g/mol. The van der Waals surface area contributed by atoms with Gasteiger partial charge in [0.05, 0.1) is 17.9 Å². The van der Waals surface area contributed by atoms with Gasteiger partial charge in [0.25, 0.3) is 0 Å². The van der Waals surface area contributed by atoms with Gasteiger partial charge < -0.3 is 34.9 Å². The van der Waals surface area contributed by atoms with Gasteiger partial charge in [0.2, 0.25) is 0 Å². The number of pyridine rings is 1. The molecule has 0 aliphatic carbocycles. The molecule has 152 valence electrons. The fourth-order valence-electron chi connectivity index (χ4n) is 3.35. The van der Waals surface area contributed by atoms with Gasteiger partial charge >= 0.3 is 5.63 Å². The smallest absolute Gasteiger partial charge is 0.345 e. The molecule has 3 aromatic rings. The van der Waals surface area contributed by atoms with Crippen molar-refractivity contribution in [1.29, 1.82) is 0 Å². The van der Waals surface area contributed by atoms with Crippen molar-refractivity contribution in [2.45, 2.75) is 30.6 Å². The van der Waals surface area contributed by atoms with Crippen LogP contribution >= 0.6 is 0 Å². The van der Waals surface area contributed by atoms with Crippen LogP contribution < -0.4 is 10.9 Å².